The number of benzene rings is 2. The maximum absolute atomic E-state index is 12.0. The first-order valence-corrected chi connectivity index (χ1v) is 7.64. The Labute approximate surface area is 141 Å². The molecule has 2 rings (SSSR count). The summed E-state index contributed by atoms with van der Waals surface area (Å²) in [6, 6.07) is 18.6. The molecule has 0 unspecified atom stereocenters. The van der Waals surface area contributed by atoms with Gasteiger partial charge in [-0.2, -0.15) is 0 Å². The molecule has 0 saturated heterocycles. The molecule has 0 bridgehead atoms. The maximum Gasteiger partial charge on any atom is 0.328 e. The van der Waals surface area contributed by atoms with E-state index in [0.717, 1.165) is 16.8 Å². The standard InChI is InChI=1S/C19H20N2O3/c1-14(19(23)24-2)21-17(22)13-20-18(15-9-5-3-6-10-15)16-11-7-4-8-12-16/h3-12,14H,13H2,1-2H3,(H,21,22)/t14-/m0/s1. The van der Waals surface area contributed by atoms with Gasteiger partial charge in [0.1, 0.15) is 12.6 Å². The number of carbonyl (C=O) groups is 2. The van der Waals surface area contributed by atoms with Gasteiger partial charge in [-0.05, 0) is 6.92 Å². The third-order valence-electron chi connectivity index (χ3n) is 3.41. The van der Waals surface area contributed by atoms with E-state index >= 15 is 0 Å². The van der Waals surface area contributed by atoms with Crippen molar-refractivity contribution in [2.45, 2.75) is 13.0 Å². The highest BCUT2D eigenvalue weighted by Gasteiger charge is 2.15. The smallest absolute Gasteiger partial charge is 0.328 e. The Morgan fingerprint density at radius 3 is 1.96 bits per heavy atom. The number of carbonyl (C=O) groups excluding carboxylic acids is 2. The lowest BCUT2D eigenvalue weighted by Crippen LogP contribution is -2.40. The molecule has 0 heterocycles. The summed E-state index contributed by atoms with van der Waals surface area (Å²) in [5, 5.41) is 2.57. The Bertz CT molecular complexity index is 670. The molecule has 0 aliphatic carbocycles. The second-order valence-corrected chi connectivity index (χ2v) is 5.21. The first kappa shape index (κ1) is 17.4. The molecule has 0 aliphatic heterocycles. The number of nitrogens with one attached hydrogen (secondary N) is 1. The maximum atomic E-state index is 12.0. The van der Waals surface area contributed by atoms with Crippen LogP contribution >= 0.6 is 0 Å². The molecule has 1 atom stereocenters. The number of amides is 1. The molecule has 2 aromatic carbocycles. The van der Waals surface area contributed by atoms with Crippen LogP contribution in [0.1, 0.15) is 18.1 Å². The number of nitrogens with zero attached hydrogens (tertiary/aromatic N) is 1. The lowest BCUT2D eigenvalue weighted by Gasteiger charge is -2.11. The largest absolute Gasteiger partial charge is 0.467 e. The Kier molecular flexibility index (Phi) is 6.25. The second-order valence-electron chi connectivity index (χ2n) is 5.21. The highest BCUT2D eigenvalue weighted by Crippen LogP contribution is 2.10. The third-order valence-corrected chi connectivity index (χ3v) is 3.41. The van der Waals surface area contributed by atoms with Crippen LogP contribution in [0.4, 0.5) is 0 Å². The van der Waals surface area contributed by atoms with Gasteiger partial charge in [-0.1, -0.05) is 60.7 Å². The van der Waals surface area contributed by atoms with E-state index in [1.165, 1.54) is 7.11 Å². The minimum absolute atomic E-state index is 0.0690. The molecule has 0 spiro atoms. The molecule has 24 heavy (non-hydrogen) atoms. The molecule has 0 radical (unpaired) electrons. The first-order valence-electron chi connectivity index (χ1n) is 7.64. The third kappa shape index (κ3) is 4.78. The van der Waals surface area contributed by atoms with E-state index in [9.17, 15) is 9.59 Å². The predicted octanol–water partition coefficient (Wildman–Crippen LogP) is 2.20. The average Bonchev–Trinajstić information content (AvgIpc) is 2.63. The van der Waals surface area contributed by atoms with E-state index < -0.39 is 12.0 Å². The van der Waals surface area contributed by atoms with Crippen LogP contribution in [0.3, 0.4) is 0 Å². The molecule has 0 aliphatic rings. The van der Waals surface area contributed by atoms with E-state index in [0.29, 0.717) is 0 Å². The van der Waals surface area contributed by atoms with E-state index in [1.807, 2.05) is 60.7 Å². The van der Waals surface area contributed by atoms with Crippen molar-refractivity contribution < 1.29 is 14.3 Å². The molecule has 0 fully saturated rings. The SMILES string of the molecule is COC(=O)[C@H](C)NC(=O)CN=C(c1ccccc1)c1ccccc1. The van der Waals surface area contributed by atoms with Crippen molar-refractivity contribution in [3.63, 3.8) is 0 Å². The van der Waals surface area contributed by atoms with Gasteiger partial charge in [-0.3, -0.25) is 9.79 Å². The van der Waals surface area contributed by atoms with Gasteiger partial charge in [0.2, 0.25) is 5.91 Å². The van der Waals surface area contributed by atoms with E-state index in [4.69, 9.17) is 0 Å². The molecule has 2 aromatic rings. The molecular formula is C19H20N2O3. The van der Waals surface area contributed by atoms with Crippen molar-refractivity contribution >= 4 is 17.6 Å². The summed E-state index contributed by atoms with van der Waals surface area (Å²) in [6.07, 6.45) is 0. The van der Waals surface area contributed by atoms with Gasteiger partial charge in [0, 0.05) is 11.1 Å². The molecule has 0 saturated carbocycles. The van der Waals surface area contributed by atoms with E-state index in [2.05, 4.69) is 15.0 Å². The zero-order valence-electron chi connectivity index (χ0n) is 13.7. The van der Waals surface area contributed by atoms with Crippen molar-refractivity contribution in [2.24, 2.45) is 4.99 Å². The molecule has 124 valence electrons. The zero-order chi connectivity index (χ0) is 17.4. The number of methoxy groups -OCH3 is 1. The van der Waals surface area contributed by atoms with Crippen molar-refractivity contribution in [1.82, 2.24) is 5.32 Å². The molecule has 0 aromatic heterocycles. The normalized spacial score (nSPS) is 11.2. The minimum Gasteiger partial charge on any atom is -0.467 e. The minimum atomic E-state index is -0.699. The number of esters is 1. The monoisotopic (exact) mass is 324 g/mol. The van der Waals surface area contributed by atoms with Crippen LogP contribution in [0.15, 0.2) is 65.7 Å². The summed E-state index contributed by atoms with van der Waals surface area (Å²) in [4.78, 5) is 27.8. The number of rotatable bonds is 6. The Morgan fingerprint density at radius 2 is 1.50 bits per heavy atom. The molecule has 1 amide bonds. The summed E-state index contributed by atoms with van der Waals surface area (Å²) in [5.74, 6) is -0.823. The van der Waals surface area contributed by atoms with Gasteiger partial charge < -0.3 is 10.1 Å². The van der Waals surface area contributed by atoms with Crippen LogP contribution < -0.4 is 5.32 Å². The lowest BCUT2D eigenvalue weighted by atomic mass is 10.0. The van der Waals surface area contributed by atoms with Crippen molar-refractivity contribution in [3.05, 3.63) is 71.8 Å². The highest BCUT2D eigenvalue weighted by molar-refractivity contribution is 6.13. The summed E-state index contributed by atoms with van der Waals surface area (Å²) in [6.45, 7) is 1.50. The number of hydrogen-bond donors (Lipinski definition) is 1. The number of ether oxygens (including phenoxy) is 1. The van der Waals surface area contributed by atoms with Gasteiger partial charge in [-0.15, -0.1) is 0 Å². The molecular weight excluding hydrogens is 304 g/mol. The lowest BCUT2D eigenvalue weighted by molar-refractivity contribution is -0.144. The van der Waals surface area contributed by atoms with E-state index in [-0.39, 0.29) is 12.5 Å². The quantitative estimate of drug-likeness (QED) is 0.654. The van der Waals surface area contributed by atoms with Crippen LogP contribution in [-0.4, -0.2) is 37.3 Å². The Hall–Kier alpha value is -2.95. The highest BCUT2D eigenvalue weighted by atomic mass is 16.5. The molecule has 5 nitrogen and oxygen atoms in total. The predicted molar refractivity (Wildman–Crippen MR) is 93.0 cm³/mol. The fourth-order valence-corrected chi connectivity index (χ4v) is 2.21. The average molecular weight is 324 g/mol. The van der Waals surface area contributed by atoms with Gasteiger partial charge in [0.05, 0.1) is 12.8 Å². The van der Waals surface area contributed by atoms with Crippen molar-refractivity contribution in [2.75, 3.05) is 13.7 Å². The van der Waals surface area contributed by atoms with Gasteiger partial charge in [-0.25, -0.2) is 4.79 Å². The topological polar surface area (TPSA) is 67.8 Å². The summed E-state index contributed by atoms with van der Waals surface area (Å²) < 4.78 is 4.59. The van der Waals surface area contributed by atoms with Crippen LogP contribution in [0.2, 0.25) is 0 Å². The van der Waals surface area contributed by atoms with Crippen LogP contribution in [-0.2, 0) is 14.3 Å². The van der Waals surface area contributed by atoms with Crippen molar-refractivity contribution in [3.8, 4) is 0 Å². The Morgan fingerprint density at radius 1 is 1.00 bits per heavy atom. The summed E-state index contributed by atoms with van der Waals surface area (Å²) >= 11 is 0. The fraction of sp³-hybridized carbons (Fsp3) is 0.211. The van der Waals surface area contributed by atoms with Gasteiger partial charge in [0.15, 0.2) is 0 Å². The first-order chi connectivity index (χ1) is 11.6. The second kappa shape index (κ2) is 8.62. The van der Waals surface area contributed by atoms with E-state index in [1.54, 1.807) is 6.92 Å². The fourth-order valence-electron chi connectivity index (χ4n) is 2.21. The van der Waals surface area contributed by atoms with Crippen LogP contribution in [0.5, 0.6) is 0 Å². The summed E-state index contributed by atoms with van der Waals surface area (Å²) in [5.41, 5.74) is 2.59. The zero-order valence-corrected chi connectivity index (χ0v) is 13.7. The van der Waals surface area contributed by atoms with Crippen LogP contribution in [0.25, 0.3) is 0 Å². The van der Waals surface area contributed by atoms with Gasteiger partial charge >= 0.3 is 5.97 Å². The molecule has 1 N–H and O–H groups in total. The van der Waals surface area contributed by atoms with Crippen molar-refractivity contribution in [1.29, 1.82) is 0 Å². The number of aliphatic imine (C=N–C) groups is 1. The van der Waals surface area contributed by atoms with Crippen LogP contribution in [0, 0.1) is 0 Å². The Balaban J connectivity index is 2.18. The summed E-state index contributed by atoms with van der Waals surface area (Å²) in [7, 11) is 1.28. The number of hydrogen-bond acceptors (Lipinski definition) is 4. The molecule has 5 heteroatoms. The van der Waals surface area contributed by atoms with Gasteiger partial charge in [0.25, 0.3) is 0 Å².